The molecule has 10 heteroatoms. The second-order valence-corrected chi connectivity index (χ2v) is 5.40. The molecule has 1 aliphatic rings. The van der Waals surface area contributed by atoms with Gasteiger partial charge in [-0.3, -0.25) is 24.8 Å². The molecule has 2 heterocycles. The number of nitro benzene ring substituents is 1. The quantitative estimate of drug-likeness (QED) is 0.622. The number of aromatic nitrogens is 2. The number of non-ortho nitro benzene ring substituents is 1. The Morgan fingerprint density at radius 2 is 2.29 bits per heavy atom. The van der Waals surface area contributed by atoms with Crippen molar-refractivity contribution in [1.29, 1.82) is 0 Å². The van der Waals surface area contributed by atoms with Crippen LogP contribution < -0.4 is 0 Å². The average Bonchev–Trinajstić information content (AvgIpc) is 2.96. The topological polar surface area (TPSA) is 139 Å². The van der Waals surface area contributed by atoms with Crippen molar-refractivity contribution in [1.82, 2.24) is 15.1 Å². The minimum Gasteiger partial charge on any atom is -0.481 e. The van der Waals surface area contributed by atoms with Gasteiger partial charge in [-0.15, -0.1) is 0 Å². The molecular weight excluding hydrogens is 320 g/mol. The van der Waals surface area contributed by atoms with E-state index in [1.807, 2.05) is 0 Å². The zero-order valence-corrected chi connectivity index (χ0v) is 12.5. The number of ether oxygens (including phenoxy) is 1. The van der Waals surface area contributed by atoms with Crippen LogP contribution in [0.15, 0.2) is 18.2 Å². The smallest absolute Gasteiger partial charge is 0.306 e. The summed E-state index contributed by atoms with van der Waals surface area (Å²) < 4.78 is 5.33. The standard InChI is InChI=1S/C14H14N4O6/c19-12(20)6-9-7-17(3-4-24-9)14(21)13-10-5-8(18(22)23)1-2-11(10)15-16-13/h1-2,5,9H,3-4,6-7H2,(H,15,16)(H,19,20). The van der Waals surface area contributed by atoms with Gasteiger partial charge in [0.1, 0.15) is 0 Å². The molecule has 0 aliphatic carbocycles. The minimum absolute atomic E-state index is 0.0738. The number of hydrogen-bond donors (Lipinski definition) is 2. The number of nitro groups is 1. The van der Waals surface area contributed by atoms with Gasteiger partial charge >= 0.3 is 5.97 Å². The number of H-pyrrole nitrogens is 1. The van der Waals surface area contributed by atoms with Gasteiger partial charge in [0.25, 0.3) is 11.6 Å². The zero-order chi connectivity index (χ0) is 17.3. The number of morpholine rings is 1. The fourth-order valence-corrected chi connectivity index (χ4v) is 2.65. The minimum atomic E-state index is -1.00. The van der Waals surface area contributed by atoms with E-state index in [4.69, 9.17) is 9.84 Å². The fourth-order valence-electron chi connectivity index (χ4n) is 2.65. The maximum absolute atomic E-state index is 12.7. The van der Waals surface area contributed by atoms with Crippen LogP contribution in [0.2, 0.25) is 0 Å². The van der Waals surface area contributed by atoms with Gasteiger partial charge < -0.3 is 14.7 Å². The number of amides is 1. The number of hydrogen-bond acceptors (Lipinski definition) is 6. The van der Waals surface area contributed by atoms with Crippen molar-refractivity contribution in [2.45, 2.75) is 12.5 Å². The number of rotatable bonds is 4. The van der Waals surface area contributed by atoms with Gasteiger partial charge in [-0.1, -0.05) is 0 Å². The third kappa shape index (κ3) is 3.04. The van der Waals surface area contributed by atoms with Crippen molar-refractivity contribution in [3.63, 3.8) is 0 Å². The van der Waals surface area contributed by atoms with Gasteiger partial charge in [-0.2, -0.15) is 5.10 Å². The molecule has 126 valence electrons. The van der Waals surface area contributed by atoms with Gasteiger partial charge in [-0.05, 0) is 6.07 Å². The second kappa shape index (κ2) is 6.24. The SMILES string of the molecule is O=C(O)CC1CN(C(=O)c2n[nH]c3ccc([N+](=O)[O-])cc23)CCO1. The van der Waals surface area contributed by atoms with Gasteiger partial charge in [0, 0.05) is 30.6 Å². The van der Waals surface area contributed by atoms with Gasteiger partial charge in [0.2, 0.25) is 0 Å². The first-order valence-corrected chi connectivity index (χ1v) is 7.21. The van der Waals surface area contributed by atoms with Crippen LogP contribution in [0, 0.1) is 10.1 Å². The molecule has 1 unspecified atom stereocenters. The van der Waals surface area contributed by atoms with E-state index in [1.165, 1.54) is 23.1 Å². The number of carboxylic acid groups (broad SMARTS) is 1. The van der Waals surface area contributed by atoms with E-state index in [0.717, 1.165) is 0 Å². The Morgan fingerprint density at radius 3 is 3.00 bits per heavy atom. The van der Waals surface area contributed by atoms with Crippen molar-refractivity contribution < 1.29 is 24.4 Å². The number of carboxylic acids is 1. The van der Waals surface area contributed by atoms with E-state index in [1.54, 1.807) is 0 Å². The van der Waals surface area contributed by atoms with Crippen LogP contribution in [0.1, 0.15) is 16.9 Å². The molecule has 3 rings (SSSR count). The van der Waals surface area contributed by atoms with Crippen molar-refractivity contribution in [3.05, 3.63) is 34.0 Å². The maximum Gasteiger partial charge on any atom is 0.306 e. The van der Waals surface area contributed by atoms with Crippen LogP contribution in [0.25, 0.3) is 10.9 Å². The Hall–Kier alpha value is -3.01. The zero-order valence-electron chi connectivity index (χ0n) is 12.5. The number of aromatic amines is 1. The van der Waals surface area contributed by atoms with E-state index in [0.29, 0.717) is 17.4 Å². The van der Waals surface area contributed by atoms with E-state index in [-0.39, 0.29) is 31.0 Å². The predicted octanol–water partition coefficient (Wildman–Crippen LogP) is 0.787. The Bertz CT molecular complexity index is 817. The lowest BCUT2D eigenvalue weighted by Crippen LogP contribution is -2.46. The molecule has 24 heavy (non-hydrogen) atoms. The monoisotopic (exact) mass is 334 g/mol. The Morgan fingerprint density at radius 1 is 1.50 bits per heavy atom. The van der Waals surface area contributed by atoms with E-state index < -0.39 is 22.9 Å². The number of aliphatic carboxylic acids is 1. The Kier molecular flexibility index (Phi) is 4.13. The first-order valence-electron chi connectivity index (χ1n) is 7.21. The molecule has 10 nitrogen and oxygen atoms in total. The predicted molar refractivity (Wildman–Crippen MR) is 80.6 cm³/mol. The molecule has 2 aromatic rings. The van der Waals surface area contributed by atoms with Crippen LogP contribution in [0.3, 0.4) is 0 Å². The van der Waals surface area contributed by atoms with Crippen molar-refractivity contribution in [2.75, 3.05) is 19.7 Å². The van der Waals surface area contributed by atoms with E-state index in [9.17, 15) is 19.7 Å². The van der Waals surface area contributed by atoms with Gasteiger partial charge in [-0.25, -0.2) is 0 Å². The molecule has 1 atom stereocenters. The largest absolute Gasteiger partial charge is 0.481 e. The van der Waals surface area contributed by atoms with Crippen LogP contribution in [-0.4, -0.2) is 62.8 Å². The number of benzene rings is 1. The lowest BCUT2D eigenvalue weighted by atomic mass is 10.1. The van der Waals surface area contributed by atoms with Crippen molar-refractivity contribution in [2.24, 2.45) is 0 Å². The van der Waals surface area contributed by atoms with Crippen molar-refractivity contribution >= 4 is 28.5 Å². The van der Waals surface area contributed by atoms with Gasteiger partial charge in [0.15, 0.2) is 5.69 Å². The van der Waals surface area contributed by atoms with Crippen molar-refractivity contribution in [3.8, 4) is 0 Å². The van der Waals surface area contributed by atoms with Crippen LogP contribution in [0.5, 0.6) is 0 Å². The first-order chi connectivity index (χ1) is 11.5. The van der Waals surface area contributed by atoms with Crippen LogP contribution in [-0.2, 0) is 9.53 Å². The summed E-state index contributed by atoms with van der Waals surface area (Å²) in [5, 5.41) is 26.7. The highest BCUT2D eigenvalue weighted by Crippen LogP contribution is 2.23. The number of fused-ring (bicyclic) bond motifs is 1. The number of carbonyl (C=O) groups is 2. The molecule has 0 saturated carbocycles. The molecule has 0 radical (unpaired) electrons. The lowest BCUT2D eigenvalue weighted by Gasteiger charge is -2.31. The molecule has 2 N–H and O–H groups in total. The Balaban J connectivity index is 1.86. The summed E-state index contributed by atoms with van der Waals surface area (Å²) in [5.74, 6) is -1.42. The summed E-state index contributed by atoms with van der Waals surface area (Å²) in [6.45, 7) is 0.666. The second-order valence-electron chi connectivity index (χ2n) is 5.40. The number of carbonyl (C=O) groups excluding carboxylic acids is 1. The molecule has 0 spiro atoms. The Labute approximate surface area is 135 Å². The molecule has 0 bridgehead atoms. The number of nitrogens with one attached hydrogen (secondary N) is 1. The van der Waals surface area contributed by atoms with E-state index >= 15 is 0 Å². The summed E-state index contributed by atoms with van der Waals surface area (Å²) in [6.07, 6.45) is -0.781. The summed E-state index contributed by atoms with van der Waals surface area (Å²) in [6, 6.07) is 4.11. The summed E-state index contributed by atoms with van der Waals surface area (Å²) in [5.41, 5.74) is 0.452. The lowest BCUT2D eigenvalue weighted by molar-refractivity contribution is -0.384. The third-order valence-corrected chi connectivity index (χ3v) is 3.79. The third-order valence-electron chi connectivity index (χ3n) is 3.79. The highest BCUT2D eigenvalue weighted by Gasteiger charge is 2.29. The first kappa shape index (κ1) is 15.9. The average molecular weight is 334 g/mol. The molecule has 1 aromatic carbocycles. The molecule has 1 aliphatic heterocycles. The molecule has 1 amide bonds. The van der Waals surface area contributed by atoms with Crippen LogP contribution in [0.4, 0.5) is 5.69 Å². The summed E-state index contributed by atoms with van der Waals surface area (Å²) in [4.78, 5) is 35.3. The van der Waals surface area contributed by atoms with Gasteiger partial charge in [0.05, 0.1) is 29.6 Å². The normalized spacial score (nSPS) is 17.8. The molecule has 1 aromatic heterocycles. The molecular formula is C14H14N4O6. The highest BCUT2D eigenvalue weighted by molar-refractivity contribution is 6.05. The number of nitrogens with zero attached hydrogens (tertiary/aromatic N) is 3. The molecule has 1 fully saturated rings. The summed E-state index contributed by atoms with van der Waals surface area (Å²) in [7, 11) is 0. The maximum atomic E-state index is 12.7. The fraction of sp³-hybridized carbons (Fsp3) is 0.357. The van der Waals surface area contributed by atoms with Crippen LogP contribution >= 0.6 is 0 Å². The highest BCUT2D eigenvalue weighted by atomic mass is 16.6. The van der Waals surface area contributed by atoms with E-state index in [2.05, 4.69) is 10.2 Å². The summed E-state index contributed by atoms with van der Waals surface area (Å²) >= 11 is 0. The molecule has 1 saturated heterocycles.